The van der Waals surface area contributed by atoms with E-state index in [2.05, 4.69) is 20.1 Å². The smallest absolute Gasteiger partial charge is 0.395 e. The molecule has 1 saturated heterocycles. The summed E-state index contributed by atoms with van der Waals surface area (Å²) in [6, 6.07) is 3.76. The van der Waals surface area contributed by atoms with Gasteiger partial charge in [0.1, 0.15) is 0 Å². The van der Waals surface area contributed by atoms with Crippen molar-refractivity contribution < 1.29 is 27.8 Å². The standard InChI is InChI=1S/C13H14F2N2O4/c14-13(15)20-10-5-1-4-9(11(10)21-13)17-12(18)16-7-8-3-2-6-19-8/h1,4-5,8H,2-3,6-7H2,(H2,16,17,18)/t8-/m0/s1. The largest absolute Gasteiger partial charge is 0.586 e. The van der Waals surface area contributed by atoms with Crippen LogP contribution in [0.2, 0.25) is 0 Å². The van der Waals surface area contributed by atoms with E-state index in [-0.39, 0.29) is 23.3 Å². The molecule has 0 unspecified atom stereocenters. The molecule has 114 valence electrons. The second-order valence-corrected chi connectivity index (χ2v) is 4.77. The van der Waals surface area contributed by atoms with Crippen molar-refractivity contribution >= 4 is 11.7 Å². The van der Waals surface area contributed by atoms with Gasteiger partial charge in [0.25, 0.3) is 0 Å². The summed E-state index contributed by atoms with van der Waals surface area (Å²) in [5.41, 5.74) is 0.120. The number of ether oxygens (including phenoxy) is 3. The van der Waals surface area contributed by atoms with Crippen LogP contribution >= 0.6 is 0 Å². The Hall–Kier alpha value is -2.09. The van der Waals surface area contributed by atoms with Crippen LogP contribution in [0.15, 0.2) is 18.2 Å². The van der Waals surface area contributed by atoms with Crippen LogP contribution in [0, 0.1) is 0 Å². The van der Waals surface area contributed by atoms with E-state index in [9.17, 15) is 13.6 Å². The van der Waals surface area contributed by atoms with Crippen LogP contribution in [0.3, 0.4) is 0 Å². The van der Waals surface area contributed by atoms with Gasteiger partial charge in [-0.25, -0.2) is 4.79 Å². The molecule has 3 rings (SSSR count). The average Bonchev–Trinajstić information content (AvgIpc) is 3.02. The van der Waals surface area contributed by atoms with Crippen molar-refractivity contribution in [1.82, 2.24) is 5.32 Å². The highest BCUT2D eigenvalue weighted by Crippen LogP contribution is 2.45. The predicted octanol–water partition coefficient (Wildman–Crippen LogP) is 2.31. The van der Waals surface area contributed by atoms with E-state index in [0.717, 1.165) is 12.8 Å². The number of carbonyl (C=O) groups is 1. The SMILES string of the molecule is O=C(NC[C@@H]1CCCO1)Nc1cccc2c1OC(F)(F)O2. The van der Waals surface area contributed by atoms with Gasteiger partial charge in [-0.1, -0.05) is 6.07 Å². The van der Waals surface area contributed by atoms with E-state index in [1.54, 1.807) is 0 Å². The fourth-order valence-corrected chi connectivity index (χ4v) is 2.25. The lowest BCUT2D eigenvalue weighted by molar-refractivity contribution is -0.286. The summed E-state index contributed by atoms with van der Waals surface area (Å²) in [5, 5.41) is 5.09. The van der Waals surface area contributed by atoms with Crippen LogP contribution in [0.1, 0.15) is 12.8 Å². The Balaban J connectivity index is 1.60. The van der Waals surface area contributed by atoms with Gasteiger partial charge in [0.2, 0.25) is 0 Å². The molecule has 2 N–H and O–H groups in total. The van der Waals surface area contributed by atoms with Gasteiger partial charge in [0.05, 0.1) is 11.8 Å². The van der Waals surface area contributed by atoms with Gasteiger partial charge >= 0.3 is 12.3 Å². The molecule has 1 fully saturated rings. The van der Waals surface area contributed by atoms with E-state index >= 15 is 0 Å². The van der Waals surface area contributed by atoms with Crippen molar-refractivity contribution in [1.29, 1.82) is 0 Å². The maximum atomic E-state index is 13.0. The summed E-state index contributed by atoms with van der Waals surface area (Å²) in [5.74, 6) is -0.299. The molecule has 8 heteroatoms. The Morgan fingerprint density at radius 1 is 1.38 bits per heavy atom. The first kappa shape index (κ1) is 13.9. The highest BCUT2D eigenvalue weighted by atomic mass is 19.3. The molecule has 2 aliphatic heterocycles. The minimum absolute atomic E-state index is 0.00107. The maximum absolute atomic E-state index is 13.0. The lowest BCUT2D eigenvalue weighted by Crippen LogP contribution is -2.35. The van der Waals surface area contributed by atoms with E-state index in [1.165, 1.54) is 18.2 Å². The molecule has 0 bridgehead atoms. The molecular weight excluding hydrogens is 286 g/mol. The molecule has 21 heavy (non-hydrogen) atoms. The summed E-state index contributed by atoms with van der Waals surface area (Å²) >= 11 is 0. The number of anilines is 1. The topological polar surface area (TPSA) is 68.8 Å². The molecular formula is C13H14F2N2O4. The second-order valence-electron chi connectivity index (χ2n) is 4.77. The van der Waals surface area contributed by atoms with Gasteiger partial charge in [-0.05, 0) is 25.0 Å². The summed E-state index contributed by atoms with van der Waals surface area (Å²) in [7, 11) is 0. The minimum Gasteiger partial charge on any atom is -0.395 e. The van der Waals surface area contributed by atoms with Gasteiger partial charge in [-0.15, -0.1) is 8.78 Å². The number of carbonyl (C=O) groups excluding carboxylic acids is 1. The van der Waals surface area contributed by atoms with Crippen molar-refractivity contribution in [2.75, 3.05) is 18.5 Å². The van der Waals surface area contributed by atoms with Crippen molar-refractivity contribution in [3.63, 3.8) is 0 Å². The molecule has 0 aromatic heterocycles. The van der Waals surface area contributed by atoms with Crippen molar-refractivity contribution in [2.45, 2.75) is 25.2 Å². The zero-order valence-electron chi connectivity index (χ0n) is 11.0. The lowest BCUT2D eigenvalue weighted by atomic mass is 10.2. The van der Waals surface area contributed by atoms with Crippen molar-refractivity contribution in [2.24, 2.45) is 0 Å². The van der Waals surface area contributed by atoms with Crippen LogP contribution in [0.4, 0.5) is 19.3 Å². The predicted molar refractivity (Wildman–Crippen MR) is 68.6 cm³/mol. The highest BCUT2D eigenvalue weighted by molar-refractivity contribution is 5.91. The number of amides is 2. The lowest BCUT2D eigenvalue weighted by Gasteiger charge is -2.12. The molecule has 0 saturated carbocycles. The van der Waals surface area contributed by atoms with E-state index < -0.39 is 12.3 Å². The number of urea groups is 1. The average molecular weight is 300 g/mol. The fourth-order valence-electron chi connectivity index (χ4n) is 2.25. The number of rotatable bonds is 3. The Kier molecular flexibility index (Phi) is 3.54. The maximum Gasteiger partial charge on any atom is 0.586 e. The number of benzene rings is 1. The van der Waals surface area contributed by atoms with E-state index in [1.807, 2.05) is 0 Å². The quantitative estimate of drug-likeness (QED) is 0.899. The first-order chi connectivity index (χ1) is 10.0. The summed E-state index contributed by atoms with van der Waals surface area (Å²) in [6.07, 6.45) is -1.85. The van der Waals surface area contributed by atoms with Gasteiger partial charge in [0, 0.05) is 13.2 Å². The van der Waals surface area contributed by atoms with Crippen LogP contribution < -0.4 is 20.1 Å². The zero-order chi connectivity index (χ0) is 14.9. The molecule has 2 heterocycles. The molecule has 1 atom stereocenters. The Morgan fingerprint density at radius 3 is 3.00 bits per heavy atom. The van der Waals surface area contributed by atoms with Crippen molar-refractivity contribution in [3.05, 3.63) is 18.2 Å². The summed E-state index contributed by atoms with van der Waals surface area (Å²) in [4.78, 5) is 11.8. The third kappa shape index (κ3) is 3.15. The molecule has 0 aliphatic carbocycles. The molecule has 2 aliphatic rings. The fraction of sp³-hybridized carbons (Fsp3) is 0.462. The zero-order valence-corrected chi connectivity index (χ0v) is 11.0. The van der Waals surface area contributed by atoms with Gasteiger partial charge in [-0.3, -0.25) is 0 Å². The Morgan fingerprint density at radius 2 is 2.24 bits per heavy atom. The molecule has 1 aromatic carbocycles. The number of halogens is 2. The van der Waals surface area contributed by atoms with E-state index in [4.69, 9.17) is 4.74 Å². The monoisotopic (exact) mass is 300 g/mol. The van der Waals surface area contributed by atoms with Crippen LogP contribution in [0.25, 0.3) is 0 Å². The Labute approximate surface area is 119 Å². The number of fused-ring (bicyclic) bond motifs is 1. The van der Waals surface area contributed by atoms with E-state index in [0.29, 0.717) is 13.2 Å². The second kappa shape index (κ2) is 5.36. The highest BCUT2D eigenvalue weighted by Gasteiger charge is 2.44. The molecule has 2 amide bonds. The van der Waals surface area contributed by atoms with Crippen molar-refractivity contribution in [3.8, 4) is 11.5 Å². The minimum atomic E-state index is -3.71. The molecule has 1 aromatic rings. The summed E-state index contributed by atoms with van der Waals surface area (Å²) < 4.78 is 40.1. The first-order valence-electron chi connectivity index (χ1n) is 6.59. The molecule has 6 nitrogen and oxygen atoms in total. The third-order valence-electron chi connectivity index (χ3n) is 3.19. The number of hydrogen-bond donors (Lipinski definition) is 2. The number of alkyl halides is 2. The summed E-state index contributed by atoms with van der Waals surface area (Å²) in [6.45, 7) is 1.06. The van der Waals surface area contributed by atoms with Gasteiger partial charge in [-0.2, -0.15) is 0 Å². The number of para-hydroxylation sites is 1. The number of nitrogens with one attached hydrogen (secondary N) is 2. The first-order valence-corrected chi connectivity index (χ1v) is 6.59. The number of hydrogen-bond acceptors (Lipinski definition) is 4. The third-order valence-corrected chi connectivity index (χ3v) is 3.19. The Bertz CT molecular complexity index is 547. The van der Waals surface area contributed by atoms with Crippen LogP contribution in [-0.2, 0) is 4.74 Å². The van der Waals surface area contributed by atoms with Crippen LogP contribution in [0.5, 0.6) is 11.5 Å². The van der Waals surface area contributed by atoms with Crippen LogP contribution in [-0.4, -0.2) is 31.6 Å². The van der Waals surface area contributed by atoms with Gasteiger partial charge in [0.15, 0.2) is 11.5 Å². The molecule has 0 radical (unpaired) electrons. The molecule has 0 spiro atoms. The normalized spacial score (nSPS) is 22.1. The van der Waals surface area contributed by atoms with Gasteiger partial charge < -0.3 is 24.8 Å².